The maximum Gasteiger partial charge on any atom is 0.318 e. The predicted octanol–water partition coefficient (Wildman–Crippen LogP) is -1.15. The quantitative estimate of drug-likeness (QED) is 0.463. The summed E-state index contributed by atoms with van der Waals surface area (Å²) in [4.78, 5) is 16.0. The van der Waals surface area contributed by atoms with Crippen molar-refractivity contribution in [2.75, 3.05) is 25.6 Å². The van der Waals surface area contributed by atoms with Gasteiger partial charge >= 0.3 is 5.97 Å². The summed E-state index contributed by atoms with van der Waals surface area (Å²) in [6.07, 6.45) is -1.75. The third-order valence-electron chi connectivity index (χ3n) is 3.10. The number of hydrogen-bond donors (Lipinski definition) is 2. The van der Waals surface area contributed by atoms with Crippen LogP contribution in [0.5, 0.6) is 0 Å². The third kappa shape index (κ3) is 3.52. The molecule has 2 fully saturated rings. The fraction of sp³-hybridized carbons (Fsp3) is 0.900. The second kappa shape index (κ2) is 6.89. The highest BCUT2D eigenvalue weighted by Crippen LogP contribution is 2.31. The molecule has 0 saturated carbocycles. The zero-order chi connectivity index (χ0) is 14.7. The highest BCUT2D eigenvalue weighted by atomic mass is 32.2. The molecule has 0 aliphatic carbocycles. The van der Waals surface area contributed by atoms with Gasteiger partial charge in [0.15, 0.2) is 0 Å². The molecular weight excluding hydrogens is 294 g/mol. The molecule has 0 aromatic carbocycles. The van der Waals surface area contributed by atoms with E-state index < -0.39 is 45.7 Å². The molecule has 2 heterocycles. The van der Waals surface area contributed by atoms with Gasteiger partial charge in [0, 0.05) is 10.8 Å². The number of hydrogen-bond acceptors (Lipinski definition) is 9. The lowest BCUT2D eigenvalue weighted by Crippen LogP contribution is -2.38. The number of rotatable bonds is 6. The average Bonchev–Trinajstić information content (AvgIpc) is 2.91. The Balaban J connectivity index is 1.90. The number of carbonyl (C=O) groups is 1. The minimum absolute atomic E-state index is 0.0834. The number of fused-ring (bicyclic) bond motifs is 1. The van der Waals surface area contributed by atoms with E-state index in [9.17, 15) is 9.00 Å². The van der Waals surface area contributed by atoms with Gasteiger partial charge in [-0.05, 0) is 6.92 Å². The Morgan fingerprint density at radius 2 is 2.05 bits per heavy atom. The minimum Gasteiger partial charge on any atom is -0.465 e. The molecule has 2 saturated heterocycles. The van der Waals surface area contributed by atoms with E-state index in [0.717, 1.165) is 0 Å². The number of nitrogens with zero attached hydrogens (tertiary/aromatic N) is 1. The van der Waals surface area contributed by atoms with Gasteiger partial charge in [0.25, 0.3) is 0 Å². The minimum atomic E-state index is -1.48. The van der Waals surface area contributed by atoms with Gasteiger partial charge in [-0.1, -0.05) is 0 Å². The van der Waals surface area contributed by atoms with E-state index in [1.54, 1.807) is 6.92 Å². The average molecular weight is 311 g/mol. The molecule has 0 bridgehead atoms. The first-order valence-electron chi connectivity index (χ1n) is 6.13. The van der Waals surface area contributed by atoms with Gasteiger partial charge < -0.3 is 14.2 Å². The topological polar surface area (TPSA) is 115 Å². The number of ether oxygens (including phenoxy) is 3. The lowest BCUT2D eigenvalue weighted by molar-refractivity contribution is -0.507. The van der Waals surface area contributed by atoms with Crippen molar-refractivity contribution in [2.24, 2.45) is 0 Å². The van der Waals surface area contributed by atoms with Gasteiger partial charge in [-0.3, -0.25) is 19.4 Å². The highest BCUT2D eigenvalue weighted by molar-refractivity contribution is 7.86. The summed E-state index contributed by atoms with van der Waals surface area (Å²) < 4.78 is 27.7. The predicted molar refractivity (Wildman–Crippen MR) is 63.2 cm³/mol. The fourth-order valence-electron chi connectivity index (χ4n) is 2.29. The standard InChI is InChI=1S/C10H17NO8S/c1-2-16-8(12)5-20(15)7-4-18-9-6(19-11(13)14)3-17-10(7)9/h6-7,9-10,13-14H,2-5H2,1H3/t6-,7+,9-,10-,20?/m1/s1. The third-order valence-corrected chi connectivity index (χ3v) is 4.70. The molecule has 0 radical (unpaired) electrons. The lowest BCUT2D eigenvalue weighted by atomic mass is 10.1. The van der Waals surface area contributed by atoms with E-state index in [0.29, 0.717) is 0 Å². The van der Waals surface area contributed by atoms with Crippen molar-refractivity contribution in [1.29, 1.82) is 0 Å². The Labute approximate surface area is 117 Å². The summed E-state index contributed by atoms with van der Waals surface area (Å²) in [6.45, 7) is 2.14. The van der Waals surface area contributed by atoms with Crippen molar-refractivity contribution in [3.05, 3.63) is 0 Å². The van der Waals surface area contributed by atoms with Crippen molar-refractivity contribution in [3.63, 3.8) is 0 Å². The fourth-order valence-corrected chi connectivity index (χ4v) is 3.58. The molecule has 0 amide bonds. The van der Waals surface area contributed by atoms with Crippen molar-refractivity contribution in [2.45, 2.75) is 30.5 Å². The van der Waals surface area contributed by atoms with Crippen molar-refractivity contribution < 1.29 is 38.5 Å². The summed E-state index contributed by atoms with van der Waals surface area (Å²) in [5.74, 6) is -0.747. The molecular formula is C10H17NO8S. The first-order valence-corrected chi connectivity index (χ1v) is 7.51. The first kappa shape index (κ1) is 15.8. The zero-order valence-electron chi connectivity index (χ0n) is 10.8. The molecule has 5 atom stereocenters. The van der Waals surface area contributed by atoms with Crippen LogP contribution < -0.4 is 0 Å². The second-order valence-corrected chi connectivity index (χ2v) is 6.02. The summed E-state index contributed by atoms with van der Waals surface area (Å²) in [7, 11) is -1.48. The van der Waals surface area contributed by atoms with Crippen LogP contribution in [0, 0.1) is 0 Å². The monoisotopic (exact) mass is 311 g/mol. The Hall–Kier alpha value is -0.620. The van der Waals surface area contributed by atoms with Crippen LogP contribution in [0.1, 0.15) is 6.92 Å². The van der Waals surface area contributed by atoms with Crippen LogP contribution in [0.4, 0.5) is 0 Å². The summed E-state index contributed by atoms with van der Waals surface area (Å²) in [5, 5.41) is 16.4. The maximum absolute atomic E-state index is 12.1. The van der Waals surface area contributed by atoms with E-state index in [2.05, 4.69) is 4.84 Å². The van der Waals surface area contributed by atoms with Gasteiger partial charge in [0.1, 0.15) is 24.1 Å². The van der Waals surface area contributed by atoms with E-state index in [-0.39, 0.29) is 25.6 Å². The molecule has 2 aliphatic rings. The van der Waals surface area contributed by atoms with Crippen LogP contribution >= 0.6 is 0 Å². The van der Waals surface area contributed by atoms with E-state index in [1.165, 1.54) is 0 Å². The summed E-state index contributed by atoms with van der Waals surface area (Å²) >= 11 is 0. The molecule has 0 aromatic heterocycles. The molecule has 0 aromatic rings. The van der Waals surface area contributed by atoms with Gasteiger partial charge in [-0.15, -0.1) is 0 Å². The van der Waals surface area contributed by atoms with Crippen molar-refractivity contribution in [1.82, 2.24) is 5.39 Å². The van der Waals surface area contributed by atoms with Gasteiger partial charge in [0.2, 0.25) is 0 Å². The maximum atomic E-state index is 12.1. The largest absolute Gasteiger partial charge is 0.465 e. The Morgan fingerprint density at radius 1 is 1.35 bits per heavy atom. The summed E-state index contributed by atoms with van der Waals surface area (Å²) in [5.41, 5.74) is 0. The first-order chi connectivity index (χ1) is 9.52. The molecule has 1 unspecified atom stereocenters. The van der Waals surface area contributed by atoms with E-state index >= 15 is 0 Å². The molecule has 10 heteroatoms. The molecule has 2 rings (SSSR count). The molecule has 116 valence electrons. The van der Waals surface area contributed by atoms with E-state index in [1.807, 2.05) is 0 Å². The molecule has 0 spiro atoms. The normalized spacial score (nSPS) is 34.2. The smallest absolute Gasteiger partial charge is 0.318 e. The van der Waals surface area contributed by atoms with Gasteiger partial charge in [0.05, 0.1) is 30.5 Å². The van der Waals surface area contributed by atoms with E-state index in [4.69, 9.17) is 24.6 Å². The van der Waals surface area contributed by atoms with Crippen LogP contribution in [0.2, 0.25) is 0 Å². The highest BCUT2D eigenvalue weighted by Gasteiger charge is 2.51. The Bertz CT molecular complexity index is 378. The van der Waals surface area contributed by atoms with Crippen molar-refractivity contribution >= 4 is 16.8 Å². The van der Waals surface area contributed by atoms with Crippen LogP contribution in [0.25, 0.3) is 0 Å². The number of carbonyl (C=O) groups excluding carboxylic acids is 1. The molecule has 2 N–H and O–H groups in total. The van der Waals surface area contributed by atoms with Crippen LogP contribution in [-0.2, 0) is 34.6 Å². The molecule has 2 aliphatic heterocycles. The van der Waals surface area contributed by atoms with Crippen LogP contribution in [-0.4, -0.2) is 75.1 Å². The van der Waals surface area contributed by atoms with Gasteiger partial charge in [-0.25, -0.2) is 4.84 Å². The SMILES string of the molecule is CCOC(=O)CS(=O)[C@H]1CO[C@H]2[C@@H]1OC[C@H]2ON(O)O. The van der Waals surface area contributed by atoms with Gasteiger partial charge in [-0.2, -0.15) is 0 Å². The zero-order valence-corrected chi connectivity index (χ0v) is 11.7. The van der Waals surface area contributed by atoms with Crippen molar-refractivity contribution in [3.8, 4) is 0 Å². The molecule has 20 heavy (non-hydrogen) atoms. The second-order valence-electron chi connectivity index (χ2n) is 4.36. The Kier molecular flexibility index (Phi) is 5.43. The lowest BCUT2D eigenvalue weighted by Gasteiger charge is -2.17. The number of esters is 1. The molecule has 9 nitrogen and oxygen atoms in total. The summed E-state index contributed by atoms with van der Waals surface area (Å²) in [6, 6.07) is 0. The Morgan fingerprint density at radius 3 is 2.70 bits per heavy atom. The van der Waals surface area contributed by atoms with Crippen LogP contribution in [0.3, 0.4) is 0 Å². The van der Waals surface area contributed by atoms with Crippen LogP contribution in [0.15, 0.2) is 0 Å².